The van der Waals surface area contributed by atoms with Crippen LogP contribution in [-0.4, -0.2) is 13.1 Å². The van der Waals surface area contributed by atoms with Gasteiger partial charge in [-0.15, -0.1) is 0 Å². The summed E-state index contributed by atoms with van der Waals surface area (Å²) < 4.78 is 0. The summed E-state index contributed by atoms with van der Waals surface area (Å²) in [6.45, 7) is 13.7. The van der Waals surface area contributed by atoms with Gasteiger partial charge in [-0.25, -0.2) is 0 Å². The molecule has 0 spiro atoms. The van der Waals surface area contributed by atoms with Crippen molar-refractivity contribution in [2.24, 2.45) is 11.8 Å². The molecule has 0 aliphatic heterocycles. The van der Waals surface area contributed by atoms with Crippen molar-refractivity contribution in [3.8, 4) is 0 Å². The van der Waals surface area contributed by atoms with E-state index in [1.165, 1.54) is 11.1 Å². The molecule has 0 saturated carbocycles. The lowest BCUT2D eigenvalue weighted by Crippen LogP contribution is -2.36. The van der Waals surface area contributed by atoms with Crippen LogP contribution < -0.4 is 5.32 Å². The van der Waals surface area contributed by atoms with Crippen molar-refractivity contribution < 1.29 is 0 Å². The highest BCUT2D eigenvalue weighted by Gasteiger charge is 2.19. The largest absolute Gasteiger partial charge is 0.316 e. The third-order valence-electron chi connectivity index (χ3n) is 4.33. The molecule has 1 nitrogen and oxygen atoms in total. The van der Waals surface area contributed by atoms with Gasteiger partial charge in [0.15, 0.2) is 0 Å². The number of hydrogen-bond acceptors (Lipinski definition) is 1. The molecule has 19 heavy (non-hydrogen) atoms. The maximum atomic E-state index is 3.48. The summed E-state index contributed by atoms with van der Waals surface area (Å²) >= 11 is 0. The topological polar surface area (TPSA) is 12.0 Å². The maximum absolute atomic E-state index is 3.48. The Kier molecular flexibility index (Phi) is 5.61. The Labute approximate surface area is 119 Å². The molecule has 0 aromatic heterocycles. The van der Waals surface area contributed by atoms with Crippen molar-refractivity contribution in [2.45, 2.75) is 59.4 Å². The van der Waals surface area contributed by atoms with E-state index < -0.39 is 0 Å². The van der Waals surface area contributed by atoms with Gasteiger partial charge in [0.1, 0.15) is 0 Å². The molecule has 2 unspecified atom stereocenters. The van der Waals surface area contributed by atoms with Gasteiger partial charge in [0.2, 0.25) is 0 Å². The Morgan fingerprint density at radius 1 is 1.00 bits per heavy atom. The molecule has 1 rings (SSSR count). The molecule has 2 atom stereocenters. The van der Waals surface area contributed by atoms with Crippen LogP contribution in [0.2, 0.25) is 0 Å². The first kappa shape index (κ1) is 16.2. The number of nitrogens with one attached hydrogen (secondary N) is 1. The first-order chi connectivity index (χ1) is 8.75. The van der Waals surface area contributed by atoms with E-state index >= 15 is 0 Å². The van der Waals surface area contributed by atoms with E-state index in [4.69, 9.17) is 0 Å². The molecule has 0 amide bonds. The van der Waals surface area contributed by atoms with Crippen molar-refractivity contribution in [3.63, 3.8) is 0 Å². The van der Waals surface area contributed by atoms with Crippen LogP contribution in [-0.2, 0) is 11.8 Å². The van der Waals surface area contributed by atoms with Crippen LogP contribution in [0.1, 0.15) is 52.7 Å². The number of benzene rings is 1. The summed E-state index contributed by atoms with van der Waals surface area (Å²) in [7, 11) is 2.08. The van der Waals surface area contributed by atoms with Gasteiger partial charge in [-0.3, -0.25) is 0 Å². The molecule has 1 aromatic carbocycles. The van der Waals surface area contributed by atoms with Crippen molar-refractivity contribution in [1.82, 2.24) is 5.32 Å². The van der Waals surface area contributed by atoms with E-state index in [1.807, 2.05) is 0 Å². The van der Waals surface area contributed by atoms with Crippen LogP contribution in [0.25, 0.3) is 0 Å². The molecular weight excluding hydrogens is 230 g/mol. The Balaban J connectivity index is 2.76. The number of rotatable bonds is 5. The second kappa shape index (κ2) is 6.56. The zero-order valence-electron chi connectivity index (χ0n) is 13.7. The Bertz CT molecular complexity index is 370. The maximum Gasteiger partial charge on any atom is 0.0132 e. The van der Waals surface area contributed by atoms with E-state index in [-0.39, 0.29) is 5.41 Å². The molecular formula is C18H31N. The molecule has 0 fully saturated rings. The predicted molar refractivity (Wildman–Crippen MR) is 85.7 cm³/mol. The highest BCUT2D eigenvalue weighted by Crippen LogP contribution is 2.23. The van der Waals surface area contributed by atoms with Crippen molar-refractivity contribution >= 4 is 0 Å². The van der Waals surface area contributed by atoms with E-state index in [0.29, 0.717) is 17.9 Å². The summed E-state index contributed by atoms with van der Waals surface area (Å²) in [6, 6.07) is 9.70. The molecule has 1 heteroatoms. The van der Waals surface area contributed by atoms with Gasteiger partial charge in [-0.05, 0) is 41.8 Å². The van der Waals surface area contributed by atoms with Gasteiger partial charge in [-0.2, -0.15) is 0 Å². The molecule has 0 bridgehead atoms. The lowest BCUT2D eigenvalue weighted by Gasteiger charge is -2.27. The quantitative estimate of drug-likeness (QED) is 0.828. The first-order valence-electron chi connectivity index (χ1n) is 7.52. The second-order valence-corrected chi connectivity index (χ2v) is 7.15. The van der Waals surface area contributed by atoms with E-state index in [0.717, 1.165) is 6.42 Å². The Morgan fingerprint density at radius 3 is 1.89 bits per heavy atom. The van der Waals surface area contributed by atoms with Crippen LogP contribution in [0.4, 0.5) is 0 Å². The van der Waals surface area contributed by atoms with Crippen LogP contribution in [0, 0.1) is 11.8 Å². The van der Waals surface area contributed by atoms with E-state index in [9.17, 15) is 0 Å². The Morgan fingerprint density at radius 2 is 1.53 bits per heavy atom. The molecule has 0 radical (unpaired) electrons. The molecule has 0 saturated heterocycles. The lowest BCUT2D eigenvalue weighted by atomic mass is 9.84. The van der Waals surface area contributed by atoms with Gasteiger partial charge in [0.25, 0.3) is 0 Å². The van der Waals surface area contributed by atoms with Crippen molar-refractivity contribution in [3.05, 3.63) is 35.4 Å². The minimum Gasteiger partial charge on any atom is -0.316 e. The monoisotopic (exact) mass is 261 g/mol. The minimum atomic E-state index is 0.242. The average Bonchev–Trinajstić information content (AvgIpc) is 2.34. The third-order valence-corrected chi connectivity index (χ3v) is 4.33. The standard InChI is InChI=1S/C18H31N/c1-13(2)14(3)17(19-7)12-15-8-10-16(11-9-15)18(4,5)6/h8-11,13-14,17,19H,12H2,1-7H3. The highest BCUT2D eigenvalue weighted by atomic mass is 14.9. The summed E-state index contributed by atoms with van der Waals surface area (Å²) in [5.74, 6) is 1.40. The highest BCUT2D eigenvalue weighted by molar-refractivity contribution is 5.28. The fourth-order valence-corrected chi connectivity index (χ4v) is 2.41. The van der Waals surface area contributed by atoms with Gasteiger partial charge >= 0.3 is 0 Å². The summed E-state index contributed by atoms with van der Waals surface area (Å²) in [5.41, 5.74) is 3.08. The van der Waals surface area contributed by atoms with Gasteiger partial charge in [0, 0.05) is 6.04 Å². The summed E-state index contributed by atoms with van der Waals surface area (Å²) in [4.78, 5) is 0. The molecule has 1 N–H and O–H groups in total. The second-order valence-electron chi connectivity index (χ2n) is 7.15. The van der Waals surface area contributed by atoms with E-state index in [1.54, 1.807) is 0 Å². The van der Waals surface area contributed by atoms with E-state index in [2.05, 4.69) is 78.2 Å². The van der Waals surface area contributed by atoms with Crippen molar-refractivity contribution in [1.29, 1.82) is 0 Å². The minimum absolute atomic E-state index is 0.242. The van der Waals surface area contributed by atoms with Crippen LogP contribution in [0.3, 0.4) is 0 Å². The predicted octanol–water partition coefficient (Wildman–Crippen LogP) is 4.41. The van der Waals surface area contributed by atoms with Crippen LogP contribution in [0.5, 0.6) is 0 Å². The number of hydrogen-bond donors (Lipinski definition) is 1. The zero-order chi connectivity index (χ0) is 14.6. The fourth-order valence-electron chi connectivity index (χ4n) is 2.41. The first-order valence-corrected chi connectivity index (χ1v) is 7.52. The van der Waals surface area contributed by atoms with Gasteiger partial charge < -0.3 is 5.32 Å². The SMILES string of the molecule is CNC(Cc1ccc(C(C)(C)C)cc1)C(C)C(C)C. The molecule has 0 aliphatic rings. The Hall–Kier alpha value is -0.820. The molecule has 1 aromatic rings. The number of likely N-dealkylation sites (N-methyl/N-ethyl adjacent to an activating group) is 1. The lowest BCUT2D eigenvalue weighted by molar-refractivity contribution is 0.310. The zero-order valence-corrected chi connectivity index (χ0v) is 13.7. The molecule has 0 heterocycles. The smallest absolute Gasteiger partial charge is 0.0132 e. The van der Waals surface area contributed by atoms with Crippen LogP contribution >= 0.6 is 0 Å². The molecule has 0 aliphatic carbocycles. The summed E-state index contributed by atoms with van der Waals surface area (Å²) in [5, 5.41) is 3.48. The normalized spacial score (nSPS) is 15.6. The van der Waals surface area contributed by atoms with Crippen molar-refractivity contribution in [2.75, 3.05) is 7.05 Å². The van der Waals surface area contributed by atoms with Crippen LogP contribution in [0.15, 0.2) is 24.3 Å². The third kappa shape index (κ3) is 4.65. The fraction of sp³-hybridized carbons (Fsp3) is 0.667. The average molecular weight is 261 g/mol. The molecule has 108 valence electrons. The van der Waals surface area contributed by atoms with Gasteiger partial charge in [0.05, 0.1) is 0 Å². The van der Waals surface area contributed by atoms with Gasteiger partial charge in [-0.1, -0.05) is 65.8 Å². The summed E-state index contributed by atoms with van der Waals surface area (Å²) in [6.07, 6.45) is 1.11.